The molecule has 0 radical (unpaired) electrons. The maximum Gasteiger partial charge on any atom is 0.263 e. The number of nitriles is 2. The molecule has 190 valence electrons. The first-order valence-electron chi connectivity index (χ1n) is 13.5. The molecule has 0 N–H and O–H groups in total. The van der Waals surface area contributed by atoms with Crippen LogP contribution < -0.4 is 0 Å². The zero-order chi connectivity index (χ0) is 26.8. The molecule has 0 atom stereocenters. The van der Waals surface area contributed by atoms with Crippen LogP contribution in [0.3, 0.4) is 0 Å². The van der Waals surface area contributed by atoms with E-state index in [1.807, 2.05) is 34.8 Å². The van der Waals surface area contributed by atoms with E-state index in [2.05, 4.69) is 27.9 Å². The molecule has 2 fully saturated rings. The van der Waals surface area contributed by atoms with Gasteiger partial charge >= 0.3 is 0 Å². The van der Waals surface area contributed by atoms with Gasteiger partial charge in [-0.15, -0.1) is 34.0 Å². The topological polar surface area (TPSA) is 56.3 Å². The normalized spacial score (nSPS) is 21.5. The average molecular weight is 561 g/mol. The van der Waals surface area contributed by atoms with Crippen molar-refractivity contribution in [1.29, 1.82) is 10.5 Å². The van der Waals surface area contributed by atoms with Crippen LogP contribution in [0.5, 0.6) is 0 Å². The van der Waals surface area contributed by atoms with Gasteiger partial charge in [0.1, 0.15) is 0 Å². The van der Waals surface area contributed by atoms with Gasteiger partial charge in [0.2, 0.25) is 0 Å². The Morgan fingerprint density at radius 2 is 1.44 bits per heavy atom. The van der Waals surface area contributed by atoms with Gasteiger partial charge in [0.25, 0.3) is 11.4 Å². The molecule has 2 spiro atoms. The number of nitrogens with zero attached hydrogens (tertiary/aromatic N) is 4. The fourth-order valence-electron chi connectivity index (χ4n) is 7.71. The first-order chi connectivity index (χ1) is 19.1. The monoisotopic (exact) mass is 560 g/mol. The van der Waals surface area contributed by atoms with Gasteiger partial charge in [-0.3, -0.25) is 0 Å². The third-order valence-corrected chi connectivity index (χ3v) is 13.1. The lowest BCUT2D eigenvalue weighted by Crippen LogP contribution is -2.28. The van der Waals surface area contributed by atoms with E-state index in [4.69, 9.17) is 13.1 Å². The van der Waals surface area contributed by atoms with Crippen LogP contribution >= 0.6 is 34.0 Å². The van der Waals surface area contributed by atoms with Gasteiger partial charge in [-0.25, -0.2) is 20.2 Å². The van der Waals surface area contributed by atoms with E-state index in [-0.39, 0.29) is 22.2 Å². The molecular weight excluding hydrogens is 537 g/mol. The highest BCUT2D eigenvalue weighted by atomic mass is 32.1. The number of rotatable bonds is 2. The molecule has 3 aromatic heterocycles. The second kappa shape index (κ2) is 9.05. The van der Waals surface area contributed by atoms with Crippen molar-refractivity contribution in [2.24, 2.45) is 5.41 Å². The van der Waals surface area contributed by atoms with Crippen LogP contribution in [-0.2, 0) is 5.41 Å². The number of thiophene rings is 3. The maximum atomic E-state index is 9.63. The predicted octanol–water partition coefficient (Wildman–Crippen LogP) is 10.1. The Balaban J connectivity index is 1.47. The molecule has 3 aromatic rings. The van der Waals surface area contributed by atoms with Crippen molar-refractivity contribution in [3.8, 4) is 12.1 Å². The fourth-order valence-corrected chi connectivity index (χ4v) is 12.3. The van der Waals surface area contributed by atoms with E-state index in [1.165, 1.54) is 78.9 Å². The molecule has 0 bridgehead atoms. The Labute approximate surface area is 240 Å². The number of fused-ring (bicyclic) bond motifs is 9. The zero-order valence-corrected chi connectivity index (χ0v) is 23.8. The molecule has 2 saturated carbocycles. The minimum Gasteiger partial charge on any atom is -0.227 e. The largest absolute Gasteiger partial charge is 0.263 e. The van der Waals surface area contributed by atoms with Crippen molar-refractivity contribution in [2.45, 2.75) is 69.6 Å². The number of allylic oxidation sites excluding steroid dienone is 7. The van der Waals surface area contributed by atoms with Crippen molar-refractivity contribution in [3.63, 3.8) is 0 Å². The summed E-state index contributed by atoms with van der Waals surface area (Å²) in [5.41, 5.74) is 6.02. The lowest BCUT2D eigenvalue weighted by Gasteiger charge is -2.38. The van der Waals surface area contributed by atoms with E-state index in [0.717, 1.165) is 30.6 Å². The van der Waals surface area contributed by atoms with Crippen molar-refractivity contribution in [2.75, 3.05) is 0 Å². The Morgan fingerprint density at radius 3 is 2.08 bits per heavy atom. The fraction of sp³-hybridized carbons (Fsp3) is 0.375. The summed E-state index contributed by atoms with van der Waals surface area (Å²) >= 11 is 5.53. The summed E-state index contributed by atoms with van der Waals surface area (Å²) in [6.45, 7) is 14.8. The van der Waals surface area contributed by atoms with Crippen LogP contribution in [-0.4, -0.2) is 0 Å². The standard InChI is InChI=1S/C32H24N4S3/c1-35-20(17-33)13-19-14-23-25(31(19)9-5-3-6-10-31)28-26(32(23)11-7-4-8-12-32)29-30(39-28)27-24(38-29)16-22(37-27)15-21(18-34)36-2/h13-16H,3-12H2/b20-13+,21-15-. The second-order valence-corrected chi connectivity index (χ2v) is 14.2. The van der Waals surface area contributed by atoms with Gasteiger partial charge in [0, 0.05) is 25.3 Å². The lowest BCUT2D eigenvalue weighted by molar-refractivity contribution is 0.329. The second-order valence-electron chi connectivity index (χ2n) is 11.1. The van der Waals surface area contributed by atoms with E-state index < -0.39 is 0 Å². The molecule has 0 saturated heterocycles. The Morgan fingerprint density at radius 1 is 0.795 bits per heavy atom. The highest BCUT2D eigenvalue weighted by Gasteiger charge is 2.56. The Hall–Kier alpha value is -3.46. The van der Waals surface area contributed by atoms with Gasteiger partial charge < -0.3 is 0 Å². The van der Waals surface area contributed by atoms with Crippen LogP contribution in [0.4, 0.5) is 0 Å². The highest BCUT2D eigenvalue weighted by molar-refractivity contribution is 7.39. The minimum absolute atomic E-state index is 0.0277. The lowest BCUT2D eigenvalue weighted by atomic mass is 9.66. The summed E-state index contributed by atoms with van der Waals surface area (Å²) in [6.07, 6.45) is 17.9. The Kier molecular flexibility index (Phi) is 5.70. The van der Waals surface area contributed by atoms with Crippen molar-refractivity contribution in [3.05, 3.63) is 78.9 Å². The van der Waals surface area contributed by atoms with Crippen LogP contribution in [0.15, 0.2) is 40.8 Å². The smallest absolute Gasteiger partial charge is 0.227 e. The molecule has 0 aromatic carbocycles. The van der Waals surface area contributed by atoms with Crippen molar-refractivity contribution < 1.29 is 0 Å². The molecular formula is C32H24N4S3. The predicted molar refractivity (Wildman–Crippen MR) is 161 cm³/mol. The molecule has 39 heavy (non-hydrogen) atoms. The van der Waals surface area contributed by atoms with Crippen LogP contribution in [0.1, 0.15) is 79.5 Å². The SMILES string of the molecule is [C-]#[N+]/C(C#N)=C\c1cc2sc3c4c(sc3c2s1)C1=C(C=C(/C=C(\C#N)[N+]#[C-])C12CCCCC2)C41CCCCC1. The van der Waals surface area contributed by atoms with Crippen LogP contribution in [0.2, 0.25) is 0 Å². The molecule has 4 aliphatic carbocycles. The molecule has 3 heterocycles. The van der Waals surface area contributed by atoms with E-state index in [0.29, 0.717) is 0 Å². The number of hydrogen-bond donors (Lipinski definition) is 0. The molecule has 4 nitrogen and oxygen atoms in total. The summed E-state index contributed by atoms with van der Waals surface area (Å²) < 4.78 is 5.32. The first-order valence-corrected chi connectivity index (χ1v) is 16.0. The summed E-state index contributed by atoms with van der Waals surface area (Å²) in [7, 11) is 0. The molecule has 0 unspecified atom stereocenters. The summed E-state index contributed by atoms with van der Waals surface area (Å²) in [5, 5.41) is 18.9. The van der Waals surface area contributed by atoms with Gasteiger partial charge in [0.15, 0.2) is 0 Å². The minimum atomic E-state index is -0.0944. The van der Waals surface area contributed by atoms with Gasteiger partial charge in [-0.2, -0.15) is 0 Å². The molecule has 4 aliphatic rings. The molecule has 0 amide bonds. The van der Waals surface area contributed by atoms with Gasteiger partial charge in [0.05, 0.1) is 39.4 Å². The number of hydrogen-bond acceptors (Lipinski definition) is 5. The van der Waals surface area contributed by atoms with E-state index in [9.17, 15) is 10.5 Å². The van der Waals surface area contributed by atoms with Crippen LogP contribution in [0, 0.1) is 41.2 Å². The summed E-state index contributed by atoms with van der Waals surface area (Å²) in [4.78, 5) is 9.31. The summed E-state index contributed by atoms with van der Waals surface area (Å²) in [5.74, 6) is 0. The quantitative estimate of drug-likeness (QED) is 0.231. The van der Waals surface area contributed by atoms with Gasteiger partial charge in [-0.1, -0.05) is 44.6 Å². The van der Waals surface area contributed by atoms with Crippen molar-refractivity contribution in [1.82, 2.24) is 0 Å². The first kappa shape index (κ1) is 24.6. The van der Waals surface area contributed by atoms with Gasteiger partial charge in [-0.05, 0) is 66.2 Å². The third kappa shape index (κ3) is 3.35. The van der Waals surface area contributed by atoms with Crippen LogP contribution in [0.25, 0.3) is 40.1 Å². The molecule has 7 heteroatoms. The van der Waals surface area contributed by atoms with E-state index in [1.54, 1.807) is 23.0 Å². The van der Waals surface area contributed by atoms with E-state index >= 15 is 0 Å². The highest BCUT2D eigenvalue weighted by Crippen LogP contribution is 2.70. The maximum absolute atomic E-state index is 9.63. The zero-order valence-electron chi connectivity index (χ0n) is 21.4. The Bertz CT molecular complexity index is 1830. The van der Waals surface area contributed by atoms with Crippen molar-refractivity contribution >= 4 is 64.5 Å². The summed E-state index contributed by atoms with van der Waals surface area (Å²) in [6, 6.07) is 6.27. The molecule has 0 aliphatic heterocycles. The molecule has 7 rings (SSSR count). The average Bonchev–Trinajstić information content (AvgIpc) is 3.73. The third-order valence-electron chi connectivity index (χ3n) is 9.28.